The number of fused-ring (bicyclic) bond motifs is 6. The number of hydrogen-bond donors (Lipinski definition) is 0. The van der Waals surface area contributed by atoms with Crippen LogP contribution in [-0.4, -0.2) is 87.9 Å². The Hall–Kier alpha value is 2.61. The monoisotopic (exact) mass is 758 g/mol. The van der Waals surface area contributed by atoms with E-state index in [9.17, 15) is 30.1 Å². The van der Waals surface area contributed by atoms with E-state index < -0.39 is 87.9 Å². The van der Waals surface area contributed by atoms with Crippen molar-refractivity contribution < 1.29 is 179 Å². The van der Waals surface area contributed by atoms with Crippen molar-refractivity contribution in [3.05, 3.63) is 0 Å². The van der Waals surface area contributed by atoms with Gasteiger partial charge < -0.3 is 98.7 Å². The van der Waals surface area contributed by atoms with Gasteiger partial charge in [0.1, 0.15) is 0 Å². The van der Waals surface area contributed by atoms with E-state index in [0.717, 1.165) is 0 Å². The predicted octanol–water partition coefficient (Wildman–Crippen LogP) is -12.7. The summed E-state index contributed by atoms with van der Waals surface area (Å²) < 4.78 is 65.6. The molecule has 6 rings (SSSR count). The maximum Gasteiger partial charge on any atom is 3.00 e. The van der Waals surface area contributed by atoms with E-state index in [2.05, 4.69) is 68.6 Å². The molecule has 0 aromatic rings. The molecule has 0 aromatic heterocycles. The molecule has 6 heterocycles. The van der Waals surface area contributed by atoms with Crippen molar-refractivity contribution >= 4 is 87.9 Å². The second-order valence-electron chi connectivity index (χ2n) is 5.51. The first-order valence-electron chi connectivity index (χ1n) is 8.49. The third kappa shape index (κ3) is 11.2. The van der Waals surface area contributed by atoms with Crippen molar-refractivity contribution in [3.8, 4) is 0 Å². The van der Waals surface area contributed by atoms with Crippen LogP contribution in [0.25, 0.3) is 0 Å². The quantitative estimate of drug-likeness (QED) is 0.208. The van der Waals surface area contributed by atoms with Gasteiger partial charge in [-0.25, -0.2) is 0 Å². The molecule has 0 amide bonds. The van der Waals surface area contributed by atoms with Crippen molar-refractivity contribution in [3.63, 3.8) is 0 Å². The Morgan fingerprint density at radius 3 is 0.457 bits per heavy atom. The normalized spacial score (nSPS) is 23.1. The van der Waals surface area contributed by atoms with Crippen molar-refractivity contribution in [1.82, 2.24) is 0 Å². The standard InChI is InChI=1S/3B4O7.2Pm/c3*5-1-7-3-9-2(6)10-4(8-1)11-3;;/q3*-2;2*+3. The minimum Gasteiger partial charge on any atom is -0.833 e. The topological polar surface area (TPSA) is 277 Å². The van der Waals surface area contributed by atoms with Gasteiger partial charge in [0.15, 0.2) is 0 Å². The Labute approximate surface area is 264 Å². The van der Waals surface area contributed by atoms with Gasteiger partial charge in [0.05, 0.1) is 0 Å². The summed E-state index contributed by atoms with van der Waals surface area (Å²) in [4.78, 5) is 0. The van der Waals surface area contributed by atoms with Crippen LogP contribution in [0.1, 0.15) is 0 Å². The SMILES string of the molecule is [O-]B1OB2OB([O-])OB(O1)O2.[O-]B1OB2OB([O-])OB(O1)O2.[O-]B1OB2OB([O-])OB(O1)O2.[Pm+3].[Pm+3]. The maximum absolute atomic E-state index is 10.5. The van der Waals surface area contributed by atoms with Crippen molar-refractivity contribution in [1.29, 1.82) is 0 Å². The molecule has 6 aliphatic rings. The zero-order valence-corrected chi connectivity index (χ0v) is 22.1. The summed E-state index contributed by atoms with van der Waals surface area (Å²) in [6.07, 6.45) is 0. The molecule has 0 N–H and O–H groups in total. The zero-order valence-electron chi connectivity index (χ0n) is 16.4. The Morgan fingerprint density at radius 1 is 0.229 bits per heavy atom. The van der Waals surface area contributed by atoms with E-state index in [0.29, 0.717) is 0 Å². The van der Waals surface area contributed by atoms with Gasteiger partial charge in [0, 0.05) is 0 Å². The van der Waals surface area contributed by atoms with E-state index in [4.69, 9.17) is 0 Å². The van der Waals surface area contributed by atoms with Crippen LogP contribution in [0.3, 0.4) is 0 Å². The fourth-order valence-corrected chi connectivity index (χ4v) is 2.13. The fourth-order valence-electron chi connectivity index (χ4n) is 2.13. The Morgan fingerprint density at radius 2 is 0.343 bits per heavy atom. The van der Waals surface area contributed by atoms with Crippen LogP contribution >= 0.6 is 0 Å². The first-order chi connectivity index (χ1) is 15.7. The first-order valence-corrected chi connectivity index (χ1v) is 8.49. The van der Waals surface area contributed by atoms with Crippen LogP contribution in [0.2, 0.25) is 0 Å². The summed E-state index contributed by atoms with van der Waals surface area (Å²) in [5.74, 6) is 0. The van der Waals surface area contributed by atoms with Crippen molar-refractivity contribution in [2.75, 3.05) is 0 Å². The predicted molar refractivity (Wildman–Crippen MR) is 85.3 cm³/mol. The molecule has 0 atom stereocenters. The largest absolute Gasteiger partial charge is 3.00 e. The number of rotatable bonds is 0. The summed E-state index contributed by atoms with van der Waals surface area (Å²) >= 11 is 0. The molecule has 0 spiro atoms. The molecule has 0 saturated carbocycles. The van der Waals surface area contributed by atoms with Gasteiger partial charge in [0.25, 0.3) is 0 Å². The third-order valence-corrected chi connectivity index (χ3v) is 3.33. The molecular formula is B12O21Pm2. The second-order valence-corrected chi connectivity index (χ2v) is 5.51. The average molecular weight is 756 g/mol. The van der Waals surface area contributed by atoms with E-state index >= 15 is 0 Å². The molecule has 0 aromatic carbocycles. The van der Waals surface area contributed by atoms with Gasteiger partial charge in [-0.3, -0.25) is 0 Å². The Bertz CT molecular complexity index is 439. The van der Waals surface area contributed by atoms with E-state index in [1.54, 1.807) is 0 Å². The van der Waals surface area contributed by atoms with Gasteiger partial charge in [0.2, 0.25) is 0 Å². The minimum absolute atomic E-state index is 0. The van der Waals surface area contributed by atoms with E-state index in [1.165, 1.54) is 0 Å². The molecule has 35 heavy (non-hydrogen) atoms. The van der Waals surface area contributed by atoms with Gasteiger partial charge in [-0.1, -0.05) is 0 Å². The molecule has 0 radical (unpaired) electrons. The Kier molecular flexibility index (Phi) is 15.6. The van der Waals surface area contributed by atoms with Crippen LogP contribution in [0.5, 0.6) is 0 Å². The molecule has 21 nitrogen and oxygen atoms in total. The molecule has 6 fully saturated rings. The minimum atomic E-state index is -1.73. The summed E-state index contributed by atoms with van der Waals surface area (Å²) in [7, 11) is -18.0. The summed E-state index contributed by atoms with van der Waals surface area (Å²) in [6, 6.07) is 0. The molecule has 0 aliphatic carbocycles. The van der Waals surface area contributed by atoms with Crippen LogP contribution in [0, 0.1) is 80.8 Å². The van der Waals surface area contributed by atoms with Gasteiger partial charge in [-0.15, -0.1) is 0 Å². The summed E-state index contributed by atoms with van der Waals surface area (Å²) in [5.41, 5.74) is 0. The van der Waals surface area contributed by atoms with E-state index in [-0.39, 0.29) is 80.8 Å². The third-order valence-electron chi connectivity index (χ3n) is 3.33. The summed E-state index contributed by atoms with van der Waals surface area (Å²) in [6.45, 7) is 0. The van der Waals surface area contributed by atoms with Gasteiger partial charge in [-0.05, 0) is 0 Å². The number of hydrogen-bond acceptors (Lipinski definition) is 21. The molecule has 0 unspecified atom stereocenters. The molecule has 35 heteroatoms. The van der Waals surface area contributed by atoms with Crippen molar-refractivity contribution in [2.45, 2.75) is 0 Å². The Balaban J connectivity index is 0.000000180. The fraction of sp³-hybridized carbons (Fsp3) is 0. The maximum atomic E-state index is 10.5. The van der Waals surface area contributed by atoms with Crippen LogP contribution in [0.15, 0.2) is 0 Å². The average Bonchev–Trinajstić information content (AvgIpc) is 2.65. The second kappa shape index (κ2) is 16.2. The molecule has 6 saturated heterocycles. The molecule has 6 bridgehead atoms. The van der Waals surface area contributed by atoms with Crippen LogP contribution in [-0.2, 0) is 68.6 Å². The molecule has 6 aliphatic heterocycles. The van der Waals surface area contributed by atoms with Crippen molar-refractivity contribution in [2.24, 2.45) is 0 Å². The van der Waals surface area contributed by atoms with Gasteiger partial charge >= 0.3 is 169 Å². The first kappa shape index (κ1) is 33.8. The zero-order chi connectivity index (χ0) is 23.5. The van der Waals surface area contributed by atoms with Crippen LogP contribution in [0.4, 0.5) is 0 Å². The molecular weight excluding hydrogens is 756 g/mol. The summed E-state index contributed by atoms with van der Waals surface area (Å²) in [5, 5.41) is 62.9. The van der Waals surface area contributed by atoms with Crippen LogP contribution < -0.4 is 30.1 Å². The molecule has 172 valence electrons. The van der Waals surface area contributed by atoms with E-state index in [1.807, 2.05) is 0 Å². The van der Waals surface area contributed by atoms with Gasteiger partial charge in [-0.2, -0.15) is 0 Å². The smallest absolute Gasteiger partial charge is 0.833 e.